The third-order valence-corrected chi connectivity index (χ3v) is 5.14. The zero-order chi connectivity index (χ0) is 22.1. The van der Waals surface area contributed by atoms with E-state index in [1.807, 2.05) is 19.3 Å². The second kappa shape index (κ2) is 11.3. The van der Waals surface area contributed by atoms with Crippen molar-refractivity contribution in [1.82, 2.24) is 9.97 Å². The molecule has 31 heavy (non-hydrogen) atoms. The van der Waals surface area contributed by atoms with Crippen LogP contribution in [0.3, 0.4) is 0 Å². The maximum atomic E-state index is 14.2. The van der Waals surface area contributed by atoms with Crippen molar-refractivity contribution in [3.05, 3.63) is 77.4 Å². The second-order valence-corrected chi connectivity index (χ2v) is 7.71. The molecule has 0 unspecified atom stereocenters. The molecule has 3 rings (SSSR count). The first-order valence-corrected chi connectivity index (χ1v) is 11.0. The number of benzene rings is 2. The summed E-state index contributed by atoms with van der Waals surface area (Å²) in [5.41, 5.74) is 3.17. The molecular weight excluding hydrogens is 391 g/mol. The van der Waals surface area contributed by atoms with Crippen molar-refractivity contribution in [3.8, 4) is 17.1 Å². The summed E-state index contributed by atoms with van der Waals surface area (Å²) < 4.78 is 19.4. The normalized spacial score (nSPS) is 10.8. The van der Waals surface area contributed by atoms with E-state index in [4.69, 9.17) is 4.74 Å². The van der Waals surface area contributed by atoms with Crippen LogP contribution in [-0.4, -0.2) is 15.9 Å². The highest BCUT2D eigenvalue weighted by atomic mass is 19.1. The fraction of sp³-hybridized carbons (Fsp3) is 0.346. The first-order chi connectivity index (χ1) is 15.1. The van der Waals surface area contributed by atoms with Gasteiger partial charge in [-0.15, -0.1) is 0 Å². The number of aromatic nitrogens is 2. The minimum absolute atomic E-state index is 0.0632. The number of carbonyl (C=O) groups excluding carboxylic acids is 1. The molecule has 4 nitrogen and oxygen atoms in total. The van der Waals surface area contributed by atoms with Gasteiger partial charge in [0, 0.05) is 18.0 Å². The van der Waals surface area contributed by atoms with Crippen LogP contribution >= 0.6 is 0 Å². The Morgan fingerprint density at radius 3 is 2.26 bits per heavy atom. The number of hydrogen-bond donors (Lipinski definition) is 0. The van der Waals surface area contributed by atoms with Crippen LogP contribution < -0.4 is 4.74 Å². The van der Waals surface area contributed by atoms with E-state index in [1.165, 1.54) is 31.4 Å². The summed E-state index contributed by atoms with van der Waals surface area (Å²) in [5.74, 6) is -0.585. The van der Waals surface area contributed by atoms with E-state index in [1.54, 1.807) is 30.3 Å². The molecule has 2 aromatic carbocycles. The summed E-state index contributed by atoms with van der Waals surface area (Å²) in [7, 11) is 0. The van der Waals surface area contributed by atoms with Gasteiger partial charge in [0.25, 0.3) is 0 Å². The van der Waals surface area contributed by atoms with Crippen molar-refractivity contribution < 1.29 is 13.9 Å². The fourth-order valence-electron chi connectivity index (χ4n) is 3.37. The van der Waals surface area contributed by atoms with E-state index in [9.17, 15) is 9.18 Å². The average molecular weight is 421 g/mol. The molecular formula is C26H29FN2O2. The molecule has 1 heterocycles. The highest BCUT2D eigenvalue weighted by molar-refractivity contribution is 5.91. The zero-order valence-electron chi connectivity index (χ0n) is 18.2. The molecule has 0 bridgehead atoms. The average Bonchev–Trinajstić information content (AvgIpc) is 2.79. The minimum Gasteiger partial charge on any atom is -0.420 e. The lowest BCUT2D eigenvalue weighted by Gasteiger charge is -2.08. The van der Waals surface area contributed by atoms with Crippen LogP contribution in [0.1, 0.15) is 67.4 Å². The van der Waals surface area contributed by atoms with Crippen molar-refractivity contribution in [2.24, 2.45) is 0 Å². The largest absolute Gasteiger partial charge is 0.420 e. The Bertz CT molecular complexity index is 985. The van der Waals surface area contributed by atoms with Gasteiger partial charge in [-0.25, -0.2) is 19.2 Å². The molecule has 0 spiro atoms. The maximum Gasteiger partial charge on any atom is 0.343 e. The van der Waals surface area contributed by atoms with Crippen LogP contribution in [0.4, 0.5) is 4.39 Å². The Kier molecular flexibility index (Phi) is 8.27. The number of unbranched alkanes of at least 4 members (excludes halogenated alkanes) is 3. The van der Waals surface area contributed by atoms with Gasteiger partial charge in [-0.05, 0) is 54.7 Å². The first kappa shape index (κ1) is 22.6. The maximum absolute atomic E-state index is 14.2. The Balaban J connectivity index is 1.61. The monoisotopic (exact) mass is 420 g/mol. The summed E-state index contributed by atoms with van der Waals surface area (Å²) in [6.45, 7) is 4.23. The molecule has 0 saturated carbocycles. The number of carbonyl (C=O) groups is 1. The molecule has 0 atom stereocenters. The third kappa shape index (κ3) is 6.45. The van der Waals surface area contributed by atoms with Crippen molar-refractivity contribution in [3.63, 3.8) is 0 Å². The van der Waals surface area contributed by atoms with Gasteiger partial charge >= 0.3 is 5.97 Å². The molecule has 5 heteroatoms. The molecule has 162 valence electrons. The van der Waals surface area contributed by atoms with Gasteiger partial charge in [0.2, 0.25) is 0 Å². The van der Waals surface area contributed by atoms with Gasteiger partial charge < -0.3 is 4.74 Å². The van der Waals surface area contributed by atoms with Crippen LogP contribution in [0.25, 0.3) is 11.4 Å². The zero-order valence-corrected chi connectivity index (χ0v) is 18.2. The lowest BCUT2D eigenvalue weighted by atomic mass is 10.1. The van der Waals surface area contributed by atoms with Crippen LogP contribution in [0.2, 0.25) is 0 Å². The molecule has 0 fully saturated rings. The van der Waals surface area contributed by atoms with Crippen LogP contribution in [0, 0.1) is 5.82 Å². The van der Waals surface area contributed by atoms with Gasteiger partial charge in [0.1, 0.15) is 0 Å². The number of nitrogens with zero attached hydrogens (tertiary/aromatic N) is 2. The quantitative estimate of drug-likeness (QED) is 0.211. The van der Waals surface area contributed by atoms with Crippen LogP contribution in [-0.2, 0) is 12.8 Å². The number of ether oxygens (including phenoxy) is 1. The van der Waals surface area contributed by atoms with E-state index in [2.05, 4.69) is 16.9 Å². The van der Waals surface area contributed by atoms with Gasteiger partial charge in [0.15, 0.2) is 17.4 Å². The molecule has 0 radical (unpaired) electrons. The van der Waals surface area contributed by atoms with Crippen molar-refractivity contribution >= 4 is 5.97 Å². The number of esters is 1. The summed E-state index contributed by atoms with van der Waals surface area (Å²) in [6.07, 6.45) is 11.3. The predicted molar refractivity (Wildman–Crippen MR) is 121 cm³/mol. The van der Waals surface area contributed by atoms with Gasteiger partial charge in [-0.3, -0.25) is 0 Å². The number of hydrogen-bond acceptors (Lipinski definition) is 4. The van der Waals surface area contributed by atoms with E-state index >= 15 is 0 Å². The minimum atomic E-state index is -0.600. The summed E-state index contributed by atoms with van der Waals surface area (Å²) in [6, 6.07) is 11.5. The third-order valence-electron chi connectivity index (χ3n) is 5.14. The van der Waals surface area contributed by atoms with E-state index in [0.29, 0.717) is 11.4 Å². The Morgan fingerprint density at radius 2 is 1.61 bits per heavy atom. The summed E-state index contributed by atoms with van der Waals surface area (Å²) >= 11 is 0. The molecule has 3 aromatic rings. The first-order valence-electron chi connectivity index (χ1n) is 11.0. The lowest BCUT2D eigenvalue weighted by molar-refractivity contribution is 0.0728. The SMILES string of the molecule is CCCCCCc1cnc(-c2ccc(C(=O)Oc3ccc(CCC)cc3F)cc2)nc1. The molecule has 0 saturated heterocycles. The van der Waals surface area contributed by atoms with Crippen molar-refractivity contribution in [1.29, 1.82) is 0 Å². The Hall–Kier alpha value is -3.08. The van der Waals surface area contributed by atoms with Crippen molar-refractivity contribution in [2.75, 3.05) is 0 Å². The fourth-order valence-corrected chi connectivity index (χ4v) is 3.37. The highest BCUT2D eigenvalue weighted by Gasteiger charge is 2.13. The molecule has 1 aromatic heterocycles. The summed E-state index contributed by atoms with van der Waals surface area (Å²) in [5, 5.41) is 0. The molecule has 0 N–H and O–H groups in total. The Morgan fingerprint density at radius 1 is 0.871 bits per heavy atom. The van der Waals surface area contributed by atoms with Gasteiger partial charge in [0.05, 0.1) is 5.56 Å². The van der Waals surface area contributed by atoms with E-state index < -0.39 is 11.8 Å². The number of halogens is 1. The lowest BCUT2D eigenvalue weighted by Crippen LogP contribution is -2.09. The smallest absolute Gasteiger partial charge is 0.343 e. The standard InChI is InChI=1S/C26H29FN2O2/c1-3-5-6-7-9-20-17-28-25(29-18-20)21-11-13-22(14-12-21)26(30)31-24-15-10-19(8-4-2)16-23(24)27/h10-18H,3-9H2,1-2H3. The van der Waals surface area contributed by atoms with Crippen LogP contribution in [0.5, 0.6) is 5.75 Å². The van der Waals surface area contributed by atoms with E-state index in [0.717, 1.165) is 42.4 Å². The molecule has 0 aliphatic heterocycles. The Labute approximate surface area is 183 Å². The second-order valence-electron chi connectivity index (χ2n) is 7.71. The van der Waals surface area contributed by atoms with Crippen molar-refractivity contribution in [2.45, 2.75) is 58.8 Å². The highest BCUT2D eigenvalue weighted by Crippen LogP contribution is 2.22. The molecule has 0 aliphatic carbocycles. The topological polar surface area (TPSA) is 52.1 Å². The van der Waals surface area contributed by atoms with E-state index in [-0.39, 0.29) is 5.75 Å². The number of rotatable bonds is 10. The van der Waals surface area contributed by atoms with Gasteiger partial charge in [-0.2, -0.15) is 0 Å². The predicted octanol–water partition coefficient (Wildman–Crippen LogP) is 6.58. The van der Waals surface area contributed by atoms with Crippen LogP contribution in [0.15, 0.2) is 54.9 Å². The van der Waals surface area contributed by atoms with Gasteiger partial charge in [-0.1, -0.05) is 57.7 Å². The molecule has 0 aliphatic rings. The summed E-state index contributed by atoms with van der Waals surface area (Å²) in [4.78, 5) is 21.3. The number of aryl methyl sites for hydroxylation is 2. The molecule has 0 amide bonds.